The van der Waals surface area contributed by atoms with Crippen LogP contribution in [-0.4, -0.2) is 29.0 Å². The van der Waals surface area contributed by atoms with Crippen LogP contribution in [0.4, 0.5) is 0 Å². The Hall–Kier alpha value is -3.12. The molecule has 1 fully saturated rings. The molecule has 188 valence electrons. The van der Waals surface area contributed by atoms with Crippen molar-refractivity contribution in [2.45, 2.75) is 72.8 Å². The largest absolute Gasteiger partial charge is 0.389 e. The Balaban J connectivity index is 1.92. The zero-order valence-electron chi connectivity index (χ0n) is 22.1. The van der Waals surface area contributed by atoms with E-state index in [9.17, 15) is 9.90 Å². The molecular formula is C29H40N4O2. The third-order valence-corrected chi connectivity index (χ3v) is 6.66. The number of aryl methyl sites for hydroxylation is 2. The number of hydrogen-bond acceptors (Lipinski definition) is 4. The van der Waals surface area contributed by atoms with Crippen LogP contribution in [0.1, 0.15) is 70.6 Å². The number of allylic oxidation sites excluding steroid dienone is 5. The molecule has 6 heteroatoms. The molecule has 0 radical (unpaired) electrons. The van der Waals surface area contributed by atoms with Gasteiger partial charge in [-0.15, -0.1) is 0 Å². The molecule has 1 heterocycles. The lowest BCUT2D eigenvalue weighted by molar-refractivity contribution is -0.115. The highest BCUT2D eigenvalue weighted by Gasteiger charge is 2.35. The van der Waals surface area contributed by atoms with Gasteiger partial charge in [0.1, 0.15) is 5.84 Å². The van der Waals surface area contributed by atoms with Gasteiger partial charge < -0.3 is 21.1 Å². The fourth-order valence-corrected chi connectivity index (χ4v) is 4.69. The zero-order chi connectivity index (χ0) is 25.9. The van der Waals surface area contributed by atoms with Crippen LogP contribution in [0, 0.1) is 18.3 Å². The summed E-state index contributed by atoms with van der Waals surface area (Å²) in [5.74, 6) is 0.522. The zero-order valence-corrected chi connectivity index (χ0v) is 22.1. The van der Waals surface area contributed by atoms with E-state index in [2.05, 4.69) is 67.1 Å². The molecule has 1 saturated heterocycles. The Kier molecular flexibility index (Phi) is 8.06. The standard InChI is InChI=1S/C29H40N4O2/c1-8-20-11-10-17(3)22(13-20)23-15-24-25(14-21(23)9-2)33-28(34)27(24)19(5)32-26(30)12-18(4)31-16-29(6,7)35/h10-15,21,23,31,35H,8-9,16H2,1-7H3,(H2,30,32)(H,33,34)/b18-12-,27-19-. The predicted molar refractivity (Wildman–Crippen MR) is 143 cm³/mol. The molecule has 2 aliphatic rings. The Morgan fingerprint density at radius 2 is 1.94 bits per heavy atom. The van der Waals surface area contributed by atoms with Gasteiger partial charge in [-0.05, 0) is 76.1 Å². The van der Waals surface area contributed by atoms with Crippen LogP contribution >= 0.6 is 0 Å². The first kappa shape index (κ1) is 26.5. The van der Waals surface area contributed by atoms with Crippen molar-refractivity contribution in [3.8, 4) is 0 Å². The van der Waals surface area contributed by atoms with Gasteiger partial charge in [0.25, 0.3) is 5.91 Å². The maximum absolute atomic E-state index is 13.0. The second-order valence-corrected chi connectivity index (χ2v) is 10.3. The molecule has 5 N–H and O–H groups in total. The Morgan fingerprint density at radius 1 is 1.23 bits per heavy atom. The van der Waals surface area contributed by atoms with E-state index in [4.69, 9.17) is 5.41 Å². The molecule has 35 heavy (non-hydrogen) atoms. The number of aliphatic hydroxyl groups is 1. The van der Waals surface area contributed by atoms with E-state index in [-0.39, 0.29) is 17.7 Å². The number of hydrogen-bond donors (Lipinski definition) is 5. The van der Waals surface area contributed by atoms with Crippen molar-refractivity contribution in [2.75, 3.05) is 6.54 Å². The van der Waals surface area contributed by atoms with Gasteiger partial charge in [0, 0.05) is 35.1 Å². The Morgan fingerprint density at radius 3 is 2.57 bits per heavy atom. The summed E-state index contributed by atoms with van der Waals surface area (Å²) >= 11 is 0. The van der Waals surface area contributed by atoms with Gasteiger partial charge in [-0.1, -0.05) is 44.2 Å². The van der Waals surface area contributed by atoms with Crippen LogP contribution in [0.3, 0.4) is 0 Å². The summed E-state index contributed by atoms with van der Waals surface area (Å²) in [7, 11) is 0. The number of fused-ring (bicyclic) bond motifs is 1. The molecule has 0 saturated carbocycles. The monoisotopic (exact) mass is 476 g/mol. The van der Waals surface area contributed by atoms with E-state index in [0.717, 1.165) is 29.8 Å². The highest BCUT2D eigenvalue weighted by Crippen LogP contribution is 2.42. The predicted octanol–water partition coefficient (Wildman–Crippen LogP) is 4.73. The molecule has 0 spiro atoms. The van der Waals surface area contributed by atoms with Crippen molar-refractivity contribution < 1.29 is 9.90 Å². The molecule has 1 aliphatic heterocycles. The number of benzene rings is 1. The van der Waals surface area contributed by atoms with Crippen LogP contribution in [-0.2, 0) is 11.2 Å². The van der Waals surface area contributed by atoms with E-state index in [1.807, 2.05) is 13.8 Å². The highest BCUT2D eigenvalue weighted by molar-refractivity contribution is 6.06. The topological polar surface area (TPSA) is 97.2 Å². The average molecular weight is 477 g/mol. The number of carbonyl (C=O) groups is 1. The number of amidine groups is 1. The van der Waals surface area contributed by atoms with Crippen LogP contribution in [0.15, 0.2) is 64.7 Å². The van der Waals surface area contributed by atoms with Crippen LogP contribution in [0.25, 0.3) is 0 Å². The molecule has 2 atom stereocenters. The SMILES string of the molecule is CCc1ccc(C)c(C2C=C3C(=CC2CC)NC(=O)/C3=C(/C)NC(=N)/C=C(/C)NCC(C)(C)O)c1. The van der Waals surface area contributed by atoms with E-state index >= 15 is 0 Å². The quantitative estimate of drug-likeness (QED) is 0.213. The first-order valence-electron chi connectivity index (χ1n) is 12.5. The van der Waals surface area contributed by atoms with Gasteiger partial charge in [-0.25, -0.2) is 0 Å². The van der Waals surface area contributed by atoms with Crippen molar-refractivity contribution in [2.24, 2.45) is 5.92 Å². The maximum atomic E-state index is 13.0. The minimum atomic E-state index is -0.845. The van der Waals surface area contributed by atoms with E-state index < -0.39 is 5.60 Å². The molecule has 1 aliphatic carbocycles. The third-order valence-electron chi connectivity index (χ3n) is 6.66. The lowest BCUT2D eigenvalue weighted by Gasteiger charge is -2.28. The molecule has 0 aromatic heterocycles. The van der Waals surface area contributed by atoms with Crippen molar-refractivity contribution >= 4 is 11.7 Å². The van der Waals surface area contributed by atoms with Crippen molar-refractivity contribution in [3.05, 3.63) is 81.4 Å². The molecule has 3 rings (SSSR count). The normalized spacial score (nSPS) is 21.6. The van der Waals surface area contributed by atoms with Gasteiger partial charge in [0.05, 0.1) is 11.2 Å². The maximum Gasteiger partial charge on any atom is 0.258 e. The lowest BCUT2D eigenvalue weighted by Crippen LogP contribution is -2.34. The van der Waals surface area contributed by atoms with E-state index in [0.29, 0.717) is 23.7 Å². The molecule has 6 nitrogen and oxygen atoms in total. The summed E-state index contributed by atoms with van der Waals surface area (Å²) in [6, 6.07) is 6.69. The average Bonchev–Trinajstić information content (AvgIpc) is 3.11. The minimum absolute atomic E-state index is 0.143. The van der Waals surface area contributed by atoms with Gasteiger partial charge in [0.2, 0.25) is 0 Å². The molecule has 1 amide bonds. The van der Waals surface area contributed by atoms with E-state index in [1.54, 1.807) is 19.9 Å². The first-order chi connectivity index (χ1) is 16.4. The Bertz CT molecular complexity index is 1130. The molecule has 0 bridgehead atoms. The summed E-state index contributed by atoms with van der Waals surface area (Å²) in [5.41, 5.74) is 6.80. The highest BCUT2D eigenvalue weighted by atomic mass is 16.3. The first-order valence-corrected chi connectivity index (χ1v) is 12.5. The van der Waals surface area contributed by atoms with Gasteiger partial charge in [-0.2, -0.15) is 0 Å². The van der Waals surface area contributed by atoms with Crippen molar-refractivity contribution in [1.29, 1.82) is 5.41 Å². The molecule has 2 unspecified atom stereocenters. The molecule has 1 aromatic rings. The van der Waals surface area contributed by atoms with E-state index in [1.165, 1.54) is 16.7 Å². The number of carbonyl (C=O) groups excluding carboxylic acids is 1. The van der Waals surface area contributed by atoms with Crippen LogP contribution in [0.5, 0.6) is 0 Å². The summed E-state index contributed by atoms with van der Waals surface area (Å²) in [4.78, 5) is 13.0. The van der Waals surface area contributed by atoms with Gasteiger partial charge in [-0.3, -0.25) is 10.2 Å². The number of rotatable bonds is 8. The molecular weight excluding hydrogens is 436 g/mol. The summed E-state index contributed by atoms with van der Waals surface area (Å²) < 4.78 is 0. The summed E-state index contributed by atoms with van der Waals surface area (Å²) in [6.07, 6.45) is 8.06. The number of nitrogens with one attached hydrogen (secondary N) is 4. The summed E-state index contributed by atoms with van der Waals surface area (Å²) in [5, 5.41) is 27.5. The second-order valence-electron chi connectivity index (χ2n) is 10.3. The van der Waals surface area contributed by atoms with Gasteiger partial charge >= 0.3 is 0 Å². The van der Waals surface area contributed by atoms with Crippen molar-refractivity contribution in [3.63, 3.8) is 0 Å². The fraction of sp³-hybridized carbons (Fsp3) is 0.448. The molecule has 1 aromatic carbocycles. The second kappa shape index (κ2) is 10.6. The minimum Gasteiger partial charge on any atom is -0.389 e. The van der Waals surface area contributed by atoms with Crippen LogP contribution in [0.2, 0.25) is 0 Å². The number of amides is 1. The lowest BCUT2D eigenvalue weighted by atomic mass is 9.76. The smallest absolute Gasteiger partial charge is 0.258 e. The van der Waals surface area contributed by atoms with Crippen LogP contribution < -0.4 is 16.0 Å². The fourth-order valence-electron chi connectivity index (χ4n) is 4.69. The summed E-state index contributed by atoms with van der Waals surface area (Å²) in [6.45, 7) is 14.0. The Labute approximate surface area is 209 Å². The third kappa shape index (κ3) is 6.31. The van der Waals surface area contributed by atoms with Gasteiger partial charge in [0.15, 0.2) is 0 Å². The van der Waals surface area contributed by atoms with Crippen molar-refractivity contribution in [1.82, 2.24) is 16.0 Å².